The normalized spacial score (nSPS) is 10.4. The molecule has 0 unspecified atom stereocenters. The third-order valence-electron chi connectivity index (χ3n) is 3.47. The summed E-state index contributed by atoms with van der Waals surface area (Å²) in [5, 5.41) is 0. The van der Waals surface area contributed by atoms with Gasteiger partial charge in [-0.05, 0) is 0 Å². The van der Waals surface area contributed by atoms with Gasteiger partial charge in [0.25, 0.3) is 0 Å². The smallest absolute Gasteiger partial charge is 0.410 e. The quantitative estimate of drug-likeness (QED) is 0.513. The van der Waals surface area contributed by atoms with Crippen molar-refractivity contribution in [1.82, 2.24) is 0 Å². The first-order chi connectivity index (χ1) is 12.9. The maximum atomic E-state index is 3.76. The summed E-state index contributed by atoms with van der Waals surface area (Å²) in [4.78, 5) is 0. The predicted octanol–water partition coefficient (Wildman–Crippen LogP) is 3.24. The van der Waals surface area contributed by atoms with Crippen molar-refractivity contribution in [3.63, 3.8) is 0 Å². The zero-order valence-corrected chi connectivity index (χ0v) is 17.6. The van der Waals surface area contributed by atoms with Crippen LogP contribution in [0.2, 0.25) is 0 Å². The molecule has 138 valence electrons. The number of rotatable bonds is 2. The monoisotopic (exact) mass is 371 g/mol. The Bertz CT molecular complexity index is 587. The Labute approximate surface area is 180 Å². The molecule has 1 aliphatic rings. The molecule has 0 radical (unpaired) electrons. The van der Waals surface area contributed by atoms with E-state index in [1.165, 1.54) is 11.1 Å². The predicted molar refractivity (Wildman–Crippen MR) is 116 cm³/mol. The van der Waals surface area contributed by atoms with Gasteiger partial charge in [-0.3, -0.25) is 12.2 Å². The van der Waals surface area contributed by atoms with Crippen molar-refractivity contribution in [2.24, 2.45) is 0 Å². The van der Waals surface area contributed by atoms with E-state index >= 15 is 0 Å². The molecular formula is C24H31MgN2+. The molecule has 0 spiro atoms. The van der Waals surface area contributed by atoms with E-state index in [9.17, 15) is 0 Å². The fraction of sp³-hybridized carbons (Fsp3) is 0.125. The Morgan fingerprint density at radius 2 is 1.19 bits per heavy atom. The summed E-state index contributed by atoms with van der Waals surface area (Å²) in [7, 11) is 0. The summed E-state index contributed by atoms with van der Waals surface area (Å²) in [6, 6.07) is 30.4. The second-order valence-corrected chi connectivity index (χ2v) is 5.53. The molecule has 2 nitrogen and oxygen atoms in total. The van der Waals surface area contributed by atoms with E-state index in [0.29, 0.717) is 0 Å². The molecule has 1 aliphatic carbocycles. The Balaban J connectivity index is 0.000000337. The number of hydrogen-bond acceptors (Lipinski definition) is 0. The van der Waals surface area contributed by atoms with Crippen molar-refractivity contribution >= 4 is 23.1 Å². The minimum absolute atomic E-state index is 0. The van der Waals surface area contributed by atoms with Crippen LogP contribution in [0.3, 0.4) is 0 Å². The zero-order chi connectivity index (χ0) is 18.7. The van der Waals surface area contributed by atoms with Gasteiger partial charge < -0.3 is 24.3 Å². The largest absolute Gasteiger partial charge is 2.00 e. The molecule has 0 saturated carbocycles. The summed E-state index contributed by atoms with van der Waals surface area (Å²) < 4.78 is 0. The van der Waals surface area contributed by atoms with E-state index in [1.54, 1.807) is 0 Å². The molecule has 0 aromatic heterocycles. The Hall–Kier alpha value is -1.91. The maximum absolute atomic E-state index is 3.76. The van der Waals surface area contributed by atoms with Crippen LogP contribution in [0.5, 0.6) is 0 Å². The van der Waals surface area contributed by atoms with Gasteiger partial charge in [-0.25, -0.2) is 18.6 Å². The van der Waals surface area contributed by atoms with Gasteiger partial charge in [-0.15, -0.1) is 0 Å². The van der Waals surface area contributed by atoms with Crippen molar-refractivity contribution in [3.05, 3.63) is 127 Å². The number of hydrogen-bond donors (Lipinski definition) is 2. The minimum Gasteiger partial charge on any atom is -0.410 e. The number of benzene rings is 2. The van der Waals surface area contributed by atoms with Gasteiger partial charge in [-0.1, -0.05) is 60.7 Å². The Kier molecular flexibility index (Phi) is 17.5. The molecule has 3 aromatic carbocycles. The van der Waals surface area contributed by atoms with Crippen molar-refractivity contribution < 1.29 is 11.5 Å². The van der Waals surface area contributed by atoms with E-state index in [4.69, 9.17) is 0 Å². The van der Waals surface area contributed by atoms with Gasteiger partial charge in [0.05, 0.1) is 13.1 Å². The third-order valence-corrected chi connectivity index (χ3v) is 3.47. The van der Waals surface area contributed by atoms with Gasteiger partial charge >= 0.3 is 23.1 Å². The van der Waals surface area contributed by atoms with Gasteiger partial charge in [0.15, 0.2) is 0 Å². The zero-order valence-electron chi connectivity index (χ0n) is 16.2. The van der Waals surface area contributed by atoms with Gasteiger partial charge in [0, 0.05) is 11.1 Å². The van der Waals surface area contributed by atoms with Crippen molar-refractivity contribution in [2.75, 3.05) is 0 Å². The van der Waals surface area contributed by atoms with Crippen LogP contribution in [0.15, 0.2) is 103 Å². The van der Waals surface area contributed by atoms with Gasteiger partial charge in [0.1, 0.15) is 0 Å². The van der Waals surface area contributed by atoms with Crippen LogP contribution in [-0.4, -0.2) is 23.1 Å². The van der Waals surface area contributed by atoms with Crippen LogP contribution in [0.1, 0.15) is 17.5 Å². The summed E-state index contributed by atoms with van der Waals surface area (Å²) in [6.07, 6.45) is 9.50. The van der Waals surface area contributed by atoms with Crippen LogP contribution in [0.25, 0.3) is 0 Å². The maximum Gasteiger partial charge on any atom is 2.00 e. The summed E-state index contributed by atoms with van der Waals surface area (Å²) in [6.45, 7) is 1.78. The average molecular weight is 372 g/mol. The molecule has 0 heterocycles. The summed E-state index contributed by atoms with van der Waals surface area (Å²) >= 11 is 0. The van der Waals surface area contributed by atoms with E-state index in [1.807, 2.05) is 66.7 Å². The average Bonchev–Trinajstić information content (AvgIpc) is 3.48. The molecule has 0 saturated heterocycles. The van der Waals surface area contributed by atoms with Crippen LogP contribution in [0, 0.1) is 12.8 Å². The molecule has 27 heavy (non-hydrogen) atoms. The first-order valence-electron chi connectivity index (χ1n) is 9.01. The van der Waals surface area contributed by atoms with E-state index in [-0.39, 0.29) is 23.1 Å². The molecule has 4 rings (SSSR count). The molecule has 0 aliphatic heterocycles. The molecule has 0 bridgehead atoms. The van der Waals surface area contributed by atoms with Gasteiger partial charge in [0.2, 0.25) is 0 Å². The minimum atomic E-state index is 0. The third kappa shape index (κ3) is 14.9. The molecule has 0 fully saturated rings. The molecule has 3 heteroatoms. The van der Waals surface area contributed by atoms with Crippen molar-refractivity contribution in [1.29, 1.82) is 0 Å². The van der Waals surface area contributed by atoms with Crippen molar-refractivity contribution in [3.8, 4) is 0 Å². The Morgan fingerprint density at radius 3 is 1.37 bits per heavy atom. The van der Waals surface area contributed by atoms with Crippen molar-refractivity contribution in [2.45, 2.75) is 19.5 Å². The second kappa shape index (κ2) is 18.9. The fourth-order valence-electron chi connectivity index (χ4n) is 2.00. The standard InChI is InChI=1S/2C7H9N.C5H6.C5H5.Mg/c2*8-6-7-4-2-1-3-5-7;2*1-2-4-5-3-1;/h2*1-5H,6,8H2;1-4H,5H2;1-5H;/q;;-2;-1;+2/p+2. The van der Waals surface area contributed by atoms with E-state index in [2.05, 4.69) is 60.7 Å². The van der Waals surface area contributed by atoms with Crippen LogP contribution >= 0.6 is 0 Å². The first kappa shape index (κ1) is 25.1. The second-order valence-electron chi connectivity index (χ2n) is 5.53. The SMILES string of the molecule is C1=CC[CH-][CH-]1.[Mg+2].[NH3+]Cc1ccccc1.[NH3+]Cc1ccccc1.c1cc[cH-]c1. The summed E-state index contributed by atoms with van der Waals surface area (Å²) in [5.41, 5.74) is 10.1. The molecule has 0 amide bonds. The topological polar surface area (TPSA) is 55.3 Å². The molecule has 3 aromatic rings. The van der Waals surface area contributed by atoms with E-state index < -0.39 is 0 Å². The van der Waals surface area contributed by atoms with Gasteiger partial charge in [-0.2, -0.15) is 18.2 Å². The molecule has 6 N–H and O–H groups in total. The first-order valence-corrected chi connectivity index (χ1v) is 9.01. The molecule has 0 atom stereocenters. The summed E-state index contributed by atoms with van der Waals surface area (Å²) in [5.74, 6) is 0. The van der Waals surface area contributed by atoms with Crippen LogP contribution in [0.4, 0.5) is 0 Å². The Morgan fingerprint density at radius 1 is 0.704 bits per heavy atom. The fourth-order valence-corrected chi connectivity index (χ4v) is 2.00. The van der Waals surface area contributed by atoms with E-state index in [0.717, 1.165) is 19.5 Å². The van der Waals surface area contributed by atoms with Crippen LogP contribution < -0.4 is 11.5 Å². The van der Waals surface area contributed by atoms with Crippen LogP contribution in [-0.2, 0) is 13.1 Å². The number of allylic oxidation sites excluding steroid dienone is 2. The molecular weight excluding hydrogens is 341 g/mol. The number of quaternary nitrogens is 2.